The fourth-order valence-electron chi connectivity index (χ4n) is 1.84. The van der Waals surface area contributed by atoms with Gasteiger partial charge in [0.1, 0.15) is 5.75 Å². The standard InChI is InChI=1S/C15H15ClN2O4/c1-18(15(20)13-4-3-7-22-13)9-14(19)17-11-8-10(16)5-6-12(11)21-2/h3-8H,9H2,1-2H3,(H,17,19). The summed E-state index contributed by atoms with van der Waals surface area (Å²) < 4.78 is 10.2. The van der Waals surface area contributed by atoms with E-state index in [0.29, 0.717) is 16.5 Å². The molecule has 0 fully saturated rings. The highest BCUT2D eigenvalue weighted by Gasteiger charge is 2.18. The second-order valence-electron chi connectivity index (χ2n) is 4.53. The summed E-state index contributed by atoms with van der Waals surface area (Å²) in [5.41, 5.74) is 0.443. The van der Waals surface area contributed by atoms with Gasteiger partial charge in [-0.05, 0) is 30.3 Å². The Labute approximate surface area is 132 Å². The molecule has 7 heteroatoms. The Hall–Kier alpha value is -2.47. The lowest BCUT2D eigenvalue weighted by Crippen LogP contribution is -2.34. The predicted octanol–water partition coefficient (Wildman–Crippen LogP) is 2.65. The molecule has 1 heterocycles. The molecule has 0 saturated heterocycles. The molecule has 22 heavy (non-hydrogen) atoms. The molecule has 1 aromatic carbocycles. The molecule has 0 atom stereocenters. The molecule has 0 aliphatic heterocycles. The molecular formula is C15H15ClN2O4. The number of nitrogens with zero attached hydrogens (tertiary/aromatic N) is 1. The van der Waals surface area contributed by atoms with Gasteiger partial charge in [0.25, 0.3) is 5.91 Å². The third-order valence-corrected chi connectivity index (χ3v) is 3.13. The van der Waals surface area contributed by atoms with Gasteiger partial charge in [-0.1, -0.05) is 11.6 Å². The number of benzene rings is 1. The summed E-state index contributed by atoms with van der Waals surface area (Å²) in [7, 11) is 3.01. The zero-order valence-electron chi connectivity index (χ0n) is 12.1. The zero-order chi connectivity index (χ0) is 16.1. The van der Waals surface area contributed by atoms with E-state index in [-0.39, 0.29) is 24.1 Å². The first-order valence-electron chi connectivity index (χ1n) is 6.43. The van der Waals surface area contributed by atoms with Crippen molar-refractivity contribution in [2.24, 2.45) is 0 Å². The van der Waals surface area contributed by atoms with E-state index >= 15 is 0 Å². The van der Waals surface area contributed by atoms with E-state index in [1.807, 2.05) is 0 Å². The van der Waals surface area contributed by atoms with Crippen LogP contribution >= 0.6 is 11.6 Å². The van der Waals surface area contributed by atoms with Crippen molar-refractivity contribution >= 4 is 29.1 Å². The second kappa shape index (κ2) is 7.00. The minimum atomic E-state index is -0.377. The molecule has 0 aliphatic carbocycles. The number of carbonyl (C=O) groups excluding carboxylic acids is 2. The number of rotatable bonds is 5. The number of hydrogen-bond acceptors (Lipinski definition) is 4. The van der Waals surface area contributed by atoms with Crippen molar-refractivity contribution in [2.45, 2.75) is 0 Å². The van der Waals surface area contributed by atoms with Gasteiger partial charge >= 0.3 is 0 Å². The lowest BCUT2D eigenvalue weighted by molar-refractivity contribution is -0.116. The maximum absolute atomic E-state index is 12.0. The summed E-state index contributed by atoms with van der Waals surface area (Å²) in [6.07, 6.45) is 1.40. The molecule has 2 aromatic rings. The SMILES string of the molecule is COc1ccc(Cl)cc1NC(=O)CN(C)C(=O)c1ccco1. The van der Waals surface area contributed by atoms with Crippen molar-refractivity contribution in [3.05, 3.63) is 47.4 Å². The highest BCUT2D eigenvalue weighted by atomic mass is 35.5. The molecule has 0 spiro atoms. The number of halogens is 1. The van der Waals surface area contributed by atoms with Crippen LogP contribution < -0.4 is 10.1 Å². The van der Waals surface area contributed by atoms with Crippen molar-refractivity contribution in [1.82, 2.24) is 4.90 Å². The van der Waals surface area contributed by atoms with Crippen LogP contribution in [0.1, 0.15) is 10.6 Å². The van der Waals surface area contributed by atoms with Crippen LogP contribution in [0.2, 0.25) is 5.02 Å². The van der Waals surface area contributed by atoms with E-state index in [0.717, 1.165) is 0 Å². The van der Waals surface area contributed by atoms with Crippen molar-refractivity contribution in [3.8, 4) is 5.75 Å². The van der Waals surface area contributed by atoms with Crippen LogP contribution in [-0.4, -0.2) is 37.4 Å². The van der Waals surface area contributed by atoms with Crippen molar-refractivity contribution in [2.75, 3.05) is 26.0 Å². The average Bonchev–Trinajstić information content (AvgIpc) is 3.00. The summed E-state index contributed by atoms with van der Waals surface area (Å²) in [4.78, 5) is 25.3. The van der Waals surface area contributed by atoms with Gasteiger partial charge in [-0.15, -0.1) is 0 Å². The zero-order valence-corrected chi connectivity index (χ0v) is 12.9. The molecule has 6 nitrogen and oxygen atoms in total. The predicted molar refractivity (Wildman–Crippen MR) is 82.3 cm³/mol. The van der Waals surface area contributed by atoms with Gasteiger partial charge in [-0.3, -0.25) is 9.59 Å². The Bertz CT molecular complexity index is 670. The fourth-order valence-corrected chi connectivity index (χ4v) is 2.02. The second-order valence-corrected chi connectivity index (χ2v) is 4.97. The average molecular weight is 323 g/mol. The molecule has 116 valence electrons. The summed E-state index contributed by atoms with van der Waals surface area (Å²) in [6.45, 7) is -0.130. The quantitative estimate of drug-likeness (QED) is 0.918. The summed E-state index contributed by atoms with van der Waals surface area (Å²) in [5.74, 6) is -0.0883. The molecule has 0 aliphatic rings. The highest BCUT2D eigenvalue weighted by molar-refractivity contribution is 6.31. The third-order valence-electron chi connectivity index (χ3n) is 2.90. The Kier molecular flexibility index (Phi) is 5.06. The monoisotopic (exact) mass is 322 g/mol. The van der Waals surface area contributed by atoms with Crippen LogP contribution in [-0.2, 0) is 4.79 Å². The molecule has 0 bridgehead atoms. The Morgan fingerprint density at radius 2 is 2.14 bits per heavy atom. The van der Waals surface area contributed by atoms with Crippen LogP contribution in [0.4, 0.5) is 5.69 Å². The Morgan fingerprint density at radius 3 is 2.77 bits per heavy atom. The Morgan fingerprint density at radius 1 is 1.36 bits per heavy atom. The number of hydrogen-bond donors (Lipinski definition) is 1. The number of anilines is 1. The van der Waals surface area contributed by atoms with Crippen molar-refractivity contribution in [3.63, 3.8) is 0 Å². The van der Waals surface area contributed by atoms with Gasteiger partial charge in [0, 0.05) is 12.1 Å². The minimum Gasteiger partial charge on any atom is -0.495 e. The topological polar surface area (TPSA) is 71.8 Å². The minimum absolute atomic E-state index is 0.130. The van der Waals surface area contributed by atoms with Gasteiger partial charge in [-0.25, -0.2) is 0 Å². The van der Waals surface area contributed by atoms with Gasteiger partial charge in [0.15, 0.2) is 5.76 Å². The van der Waals surface area contributed by atoms with Gasteiger partial charge in [-0.2, -0.15) is 0 Å². The van der Waals surface area contributed by atoms with Crippen LogP contribution in [0, 0.1) is 0 Å². The smallest absolute Gasteiger partial charge is 0.289 e. The third kappa shape index (κ3) is 3.79. The molecule has 2 amide bonds. The molecular weight excluding hydrogens is 308 g/mol. The largest absolute Gasteiger partial charge is 0.495 e. The lowest BCUT2D eigenvalue weighted by atomic mass is 10.3. The van der Waals surface area contributed by atoms with Gasteiger partial charge < -0.3 is 19.4 Å². The molecule has 2 rings (SSSR count). The first-order chi connectivity index (χ1) is 10.5. The van der Waals surface area contributed by atoms with E-state index in [2.05, 4.69) is 5.32 Å². The molecule has 1 aromatic heterocycles. The highest BCUT2D eigenvalue weighted by Crippen LogP contribution is 2.27. The number of nitrogens with one attached hydrogen (secondary N) is 1. The number of likely N-dealkylation sites (N-methyl/N-ethyl adjacent to an activating group) is 1. The maximum atomic E-state index is 12.0. The van der Waals surface area contributed by atoms with Crippen molar-refractivity contribution in [1.29, 1.82) is 0 Å². The van der Waals surface area contributed by atoms with E-state index < -0.39 is 0 Å². The summed E-state index contributed by atoms with van der Waals surface area (Å²) in [6, 6.07) is 8.03. The fraction of sp³-hybridized carbons (Fsp3) is 0.200. The number of ether oxygens (including phenoxy) is 1. The van der Waals surface area contributed by atoms with Gasteiger partial charge in [0.05, 0.1) is 25.6 Å². The first kappa shape index (κ1) is 15.9. The maximum Gasteiger partial charge on any atom is 0.289 e. The van der Waals surface area contributed by atoms with E-state index in [9.17, 15) is 9.59 Å². The van der Waals surface area contributed by atoms with E-state index in [1.54, 1.807) is 24.3 Å². The van der Waals surface area contributed by atoms with E-state index in [4.69, 9.17) is 20.8 Å². The molecule has 0 saturated carbocycles. The van der Waals surface area contributed by atoms with E-state index in [1.165, 1.54) is 31.4 Å². The number of amides is 2. The first-order valence-corrected chi connectivity index (χ1v) is 6.81. The summed E-state index contributed by atoms with van der Waals surface area (Å²) in [5, 5.41) is 3.13. The van der Waals surface area contributed by atoms with Crippen molar-refractivity contribution < 1.29 is 18.7 Å². The molecule has 1 N–H and O–H groups in total. The van der Waals surface area contributed by atoms with Crippen LogP contribution in [0.15, 0.2) is 41.0 Å². The summed E-state index contributed by atoms with van der Waals surface area (Å²) >= 11 is 5.90. The van der Waals surface area contributed by atoms with Crippen LogP contribution in [0.25, 0.3) is 0 Å². The van der Waals surface area contributed by atoms with Crippen LogP contribution in [0.3, 0.4) is 0 Å². The van der Waals surface area contributed by atoms with Crippen LogP contribution in [0.5, 0.6) is 5.75 Å². The normalized spacial score (nSPS) is 10.1. The van der Waals surface area contributed by atoms with Gasteiger partial charge in [0.2, 0.25) is 5.91 Å². The molecule has 0 radical (unpaired) electrons. The lowest BCUT2D eigenvalue weighted by Gasteiger charge is -2.16. The number of carbonyl (C=O) groups is 2. The number of methoxy groups -OCH3 is 1. The molecule has 0 unspecified atom stereocenters. The number of furan rings is 1. The Balaban J connectivity index is 2.01.